The van der Waals surface area contributed by atoms with Crippen molar-refractivity contribution in [3.63, 3.8) is 0 Å². The zero-order valence-electron chi connectivity index (χ0n) is 10.1. The summed E-state index contributed by atoms with van der Waals surface area (Å²) in [6.07, 6.45) is 3.18. The zero-order valence-corrected chi connectivity index (χ0v) is 10.1. The number of nitrogens with one attached hydrogen (secondary N) is 2. The maximum atomic E-state index is 11.5. The molecule has 6 nitrogen and oxygen atoms in total. The van der Waals surface area contributed by atoms with Crippen molar-refractivity contribution < 1.29 is 4.42 Å². The van der Waals surface area contributed by atoms with Crippen molar-refractivity contribution in [1.29, 1.82) is 0 Å². The minimum atomic E-state index is -0.384. The summed E-state index contributed by atoms with van der Waals surface area (Å²) >= 11 is 0. The Balaban J connectivity index is 1.89. The van der Waals surface area contributed by atoms with Gasteiger partial charge < -0.3 is 9.73 Å². The van der Waals surface area contributed by atoms with Gasteiger partial charge in [0.2, 0.25) is 0 Å². The van der Waals surface area contributed by atoms with E-state index in [2.05, 4.69) is 10.3 Å². The van der Waals surface area contributed by atoms with E-state index in [9.17, 15) is 9.59 Å². The van der Waals surface area contributed by atoms with Crippen molar-refractivity contribution in [2.24, 2.45) is 0 Å². The van der Waals surface area contributed by atoms with Crippen molar-refractivity contribution in [3.05, 3.63) is 56.8 Å². The Hall–Kier alpha value is -2.08. The van der Waals surface area contributed by atoms with Crippen LogP contribution in [0, 0.1) is 6.92 Å². The molecule has 0 aliphatic rings. The van der Waals surface area contributed by atoms with Crippen LogP contribution in [0.25, 0.3) is 0 Å². The average molecular weight is 249 g/mol. The highest BCUT2D eigenvalue weighted by molar-refractivity contribution is 5.01. The SMILES string of the molecule is Cc1cn(CCNCc2ccco2)c(=O)[nH]c1=O. The zero-order chi connectivity index (χ0) is 13.0. The van der Waals surface area contributed by atoms with E-state index in [4.69, 9.17) is 4.42 Å². The fourth-order valence-electron chi connectivity index (χ4n) is 1.61. The molecule has 2 N–H and O–H groups in total. The Morgan fingerprint density at radius 1 is 1.44 bits per heavy atom. The molecule has 2 rings (SSSR count). The molecule has 0 spiro atoms. The lowest BCUT2D eigenvalue weighted by Gasteiger charge is -2.06. The topological polar surface area (TPSA) is 80.0 Å². The van der Waals surface area contributed by atoms with Gasteiger partial charge in [-0.1, -0.05) is 0 Å². The summed E-state index contributed by atoms with van der Waals surface area (Å²) in [5.74, 6) is 0.847. The first kappa shape index (κ1) is 12.4. The third-order valence-corrected chi connectivity index (χ3v) is 2.60. The van der Waals surface area contributed by atoms with Gasteiger partial charge in [0.1, 0.15) is 5.76 Å². The Kier molecular flexibility index (Phi) is 3.78. The van der Waals surface area contributed by atoms with Gasteiger partial charge in [0.15, 0.2) is 0 Å². The van der Waals surface area contributed by atoms with Crippen LogP contribution in [0.1, 0.15) is 11.3 Å². The smallest absolute Gasteiger partial charge is 0.328 e. The summed E-state index contributed by atoms with van der Waals surface area (Å²) in [4.78, 5) is 24.9. The third-order valence-electron chi connectivity index (χ3n) is 2.60. The van der Waals surface area contributed by atoms with Gasteiger partial charge in [-0.05, 0) is 19.1 Å². The molecule has 0 aromatic carbocycles. The summed E-state index contributed by atoms with van der Waals surface area (Å²) in [6.45, 7) is 3.40. The number of hydrogen-bond acceptors (Lipinski definition) is 4. The third kappa shape index (κ3) is 2.98. The lowest BCUT2D eigenvalue weighted by atomic mass is 10.4. The van der Waals surface area contributed by atoms with Crippen LogP contribution in [-0.4, -0.2) is 16.1 Å². The molecular formula is C12H15N3O3. The maximum Gasteiger partial charge on any atom is 0.328 e. The fraction of sp³-hybridized carbons (Fsp3) is 0.333. The lowest BCUT2D eigenvalue weighted by molar-refractivity contribution is 0.473. The van der Waals surface area contributed by atoms with E-state index in [0.29, 0.717) is 25.2 Å². The van der Waals surface area contributed by atoms with Crippen LogP contribution < -0.4 is 16.6 Å². The number of aryl methyl sites for hydroxylation is 1. The van der Waals surface area contributed by atoms with E-state index in [1.165, 1.54) is 4.57 Å². The van der Waals surface area contributed by atoms with E-state index in [-0.39, 0.29) is 11.2 Å². The molecule has 0 aliphatic carbocycles. The van der Waals surface area contributed by atoms with Crippen molar-refractivity contribution in [3.8, 4) is 0 Å². The molecule has 2 aromatic rings. The maximum absolute atomic E-state index is 11.5. The van der Waals surface area contributed by atoms with Crippen LogP contribution >= 0.6 is 0 Å². The average Bonchev–Trinajstić information content (AvgIpc) is 2.84. The monoisotopic (exact) mass is 249 g/mol. The molecular weight excluding hydrogens is 234 g/mol. The van der Waals surface area contributed by atoms with Gasteiger partial charge in [-0.15, -0.1) is 0 Å². The van der Waals surface area contributed by atoms with Crippen LogP contribution in [0.4, 0.5) is 0 Å². The molecule has 96 valence electrons. The molecule has 0 fully saturated rings. The van der Waals surface area contributed by atoms with Crippen LogP contribution in [0.3, 0.4) is 0 Å². The van der Waals surface area contributed by atoms with Gasteiger partial charge in [0.25, 0.3) is 5.56 Å². The number of H-pyrrole nitrogens is 1. The lowest BCUT2D eigenvalue weighted by Crippen LogP contribution is -2.33. The predicted octanol–water partition coefficient (Wildman–Crippen LogP) is 0.228. The molecule has 0 aliphatic heterocycles. The van der Waals surface area contributed by atoms with Crippen molar-refractivity contribution in [2.45, 2.75) is 20.0 Å². The molecule has 6 heteroatoms. The van der Waals surface area contributed by atoms with Gasteiger partial charge in [0, 0.05) is 24.8 Å². The fourth-order valence-corrected chi connectivity index (χ4v) is 1.61. The van der Waals surface area contributed by atoms with E-state index in [1.54, 1.807) is 19.4 Å². The molecule has 0 amide bonds. The van der Waals surface area contributed by atoms with Crippen molar-refractivity contribution in [2.75, 3.05) is 6.54 Å². The second-order valence-electron chi connectivity index (χ2n) is 4.02. The van der Waals surface area contributed by atoms with E-state index in [0.717, 1.165) is 5.76 Å². The summed E-state index contributed by atoms with van der Waals surface area (Å²) in [6, 6.07) is 3.70. The first-order chi connectivity index (χ1) is 8.66. The molecule has 2 aromatic heterocycles. The highest BCUT2D eigenvalue weighted by atomic mass is 16.3. The summed E-state index contributed by atoms with van der Waals surface area (Å²) in [5, 5.41) is 3.15. The Bertz CT molecular complexity index is 610. The number of hydrogen-bond donors (Lipinski definition) is 2. The Morgan fingerprint density at radius 2 is 2.28 bits per heavy atom. The molecule has 0 saturated heterocycles. The van der Waals surface area contributed by atoms with E-state index in [1.807, 2.05) is 12.1 Å². The summed E-state index contributed by atoms with van der Waals surface area (Å²) < 4.78 is 6.64. The molecule has 0 radical (unpaired) electrons. The van der Waals surface area contributed by atoms with Crippen LogP contribution in [0.5, 0.6) is 0 Å². The molecule has 18 heavy (non-hydrogen) atoms. The van der Waals surface area contributed by atoms with Crippen molar-refractivity contribution in [1.82, 2.24) is 14.9 Å². The minimum absolute atomic E-state index is 0.334. The Labute approximate surface area is 103 Å². The number of furan rings is 1. The molecule has 0 saturated carbocycles. The molecule has 0 unspecified atom stereocenters. The minimum Gasteiger partial charge on any atom is -0.468 e. The van der Waals surface area contributed by atoms with Gasteiger partial charge in [-0.3, -0.25) is 14.3 Å². The second kappa shape index (κ2) is 5.50. The summed E-state index contributed by atoms with van der Waals surface area (Å²) in [5.41, 5.74) is -0.189. The number of aromatic amines is 1. The largest absolute Gasteiger partial charge is 0.468 e. The standard InChI is InChI=1S/C12H15N3O3/c1-9-8-15(12(17)14-11(9)16)5-4-13-7-10-3-2-6-18-10/h2-3,6,8,13H,4-5,7H2,1H3,(H,14,16,17). The van der Waals surface area contributed by atoms with Gasteiger partial charge in [-0.25, -0.2) is 4.79 Å². The van der Waals surface area contributed by atoms with Crippen molar-refractivity contribution >= 4 is 0 Å². The van der Waals surface area contributed by atoms with Crippen LogP contribution in [0.15, 0.2) is 38.6 Å². The second-order valence-corrected chi connectivity index (χ2v) is 4.02. The van der Waals surface area contributed by atoms with Crippen LogP contribution in [0.2, 0.25) is 0 Å². The number of nitrogens with zero attached hydrogens (tertiary/aromatic N) is 1. The highest BCUT2D eigenvalue weighted by Gasteiger charge is 2.00. The first-order valence-electron chi connectivity index (χ1n) is 5.70. The number of aromatic nitrogens is 2. The first-order valence-corrected chi connectivity index (χ1v) is 5.70. The highest BCUT2D eigenvalue weighted by Crippen LogP contribution is 1.97. The normalized spacial score (nSPS) is 10.7. The molecule has 0 atom stereocenters. The van der Waals surface area contributed by atoms with E-state index < -0.39 is 0 Å². The van der Waals surface area contributed by atoms with Gasteiger partial charge in [-0.2, -0.15) is 0 Å². The molecule has 2 heterocycles. The quantitative estimate of drug-likeness (QED) is 0.743. The van der Waals surface area contributed by atoms with Gasteiger partial charge >= 0.3 is 5.69 Å². The summed E-state index contributed by atoms with van der Waals surface area (Å²) in [7, 11) is 0. The number of rotatable bonds is 5. The Morgan fingerprint density at radius 3 is 3.00 bits per heavy atom. The molecule has 0 bridgehead atoms. The predicted molar refractivity (Wildman–Crippen MR) is 66.5 cm³/mol. The van der Waals surface area contributed by atoms with Gasteiger partial charge in [0.05, 0.1) is 12.8 Å². The van der Waals surface area contributed by atoms with Crippen LogP contribution in [-0.2, 0) is 13.1 Å². The van der Waals surface area contributed by atoms with E-state index >= 15 is 0 Å².